The van der Waals surface area contributed by atoms with Crippen LogP contribution in [0.5, 0.6) is 0 Å². The number of nitrogens with one attached hydrogen (secondary N) is 2. The van der Waals surface area contributed by atoms with E-state index in [1.165, 1.54) is 0 Å². The van der Waals surface area contributed by atoms with Gasteiger partial charge in [-0.15, -0.1) is 0 Å². The van der Waals surface area contributed by atoms with E-state index in [1.54, 1.807) is 24.3 Å². The highest BCUT2D eigenvalue weighted by Crippen LogP contribution is 2.28. The van der Waals surface area contributed by atoms with Gasteiger partial charge in [-0.3, -0.25) is 14.3 Å². The molecule has 128 valence electrons. The number of rotatable bonds is 3. The number of hydrogen-bond acceptors (Lipinski definition) is 4. The molecule has 26 heavy (non-hydrogen) atoms. The van der Waals surface area contributed by atoms with Gasteiger partial charge in [0.1, 0.15) is 0 Å². The Kier molecular flexibility index (Phi) is 4.02. The van der Waals surface area contributed by atoms with Gasteiger partial charge in [-0.2, -0.15) is 0 Å². The Morgan fingerprint density at radius 3 is 2.62 bits per heavy atom. The molecule has 1 aromatic heterocycles. The predicted octanol–water partition coefficient (Wildman–Crippen LogP) is 4.09. The molecule has 0 saturated carbocycles. The molecule has 0 spiro atoms. The molecule has 0 atom stereocenters. The molecule has 7 heteroatoms. The summed E-state index contributed by atoms with van der Waals surface area (Å²) in [4.78, 5) is 26.4. The third-order valence-corrected chi connectivity index (χ3v) is 4.17. The molecular formula is C19H12ClN3O3. The fourth-order valence-corrected chi connectivity index (χ4v) is 2.87. The Balaban J connectivity index is 1.70. The first kappa shape index (κ1) is 16.1. The number of H-pyrrole nitrogens is 1. The van der Waals surface area contributed by atoms with Crippen LogP contribution < -0.4 is 11.1 Å². The van der Waals surface area contributed by atoms with Gasteiger partial charge >= 0.3 is 5.76 Å². The minimum atomic E-state index is -0.679. The highest BCUT2D eigenvalue weighted by Gasteiger charge is 2.14. The standard InChI is InChI=1S/C19H12ClN3O3/c20-14-7-8-15(17-22-19(25)26-23-17)16(10-14)21-18(24)13-6-5-11-3-1-2-4-12(11)9-13/h1-10H,(H,21,24)(H,22,23,25). The first-order valence-corrected chi connectivity index (χ1v) is 8.14. The van der Waals surface area contributed by atoms with Crippen molar-refractivity contribution in [3.05, 3.63) is 81.8 Å². The molecule has 0 aliphatic rings. The maximum absolute atomic E-state index is 12.7. The van der Waals surface area contributed by atoms with Crippen molar-refractivity contribution in [1.29, 1.82) is 0 Å². The zero-order valence-corrected chi connectivity index (χ0v) is 14.1. The highest BCUT2D eigenvalue weighted by atomic mass is 35.5. The van der Waals surface area contributed by atoms with E-state index in [2.05, 4.69) is 20.0 Å². The van der Waals surface area contributed by atoms with Crippen molar-refractivity contribution in [1.82, 2.24) is 10.1 Å². The van der Waals surface area contributed by atoms with Crippen LogP contribution >= 0.6 is 11.6 Å². The van der Waals surface area contributed by atoms with Crippen molar-refractivity contribution in [2.24, 2.45) is 0 Å². The molecule has 0 bridgehead atoms. The van der Waals surface area contributed by atoms with E-state index in [0.717, 1.165) is 10.8 Å². The zero-order valence-electron chi connectivity index (χ0n) is 13.3. The summed E-state index contributed by atoms with van der Waals surface area (Å²) < 4.78 is 4.54. The molecule has 0 fully saturated rings. The lowest BCUT2D eigenvalue weighted by molar-refractivity contribution is 0.102. The summed E-state index contributed by atoms with van der Waals surface area (Å²) in [6.07, 6.45) is 0. The van der Waals surface area contributed by atoms with Gasteiger partial charge < -0.3 is 5.32 Å². The maximum atomic E-state index is 12.7. The molecule has 1 heterocycles. The van der Waals surface area contributed by atoms with E-state index < -0.39 is 5.76 Å². The number of hydrogen-bond donors (Lipinski definition) is 2. The number of anilines is 1. The third-order valence-electron chi connectivity index (χ3n) is 3.94. The molecule has 0 unspecified atom stereocenters. The van der Waals surface area contributed by atoms with Crippen LogP contribution in [-0.2, 0) is 0 Å². The quantitative estimate of drug-likeness (QED) is 0.572. The van der Waals surface area contributed by atoms with E-state index in [0.29, 0.717) is 21.8 Å². The summed E-state index contributed by atoms with van der Waals surface area (Å²) >= 11 is 6.05. The van der Waals surface area contributed by atoms with Gasteiger partial charge in [0.05, 0.1) is 5.69 Å². The van der Waals surface area contributed by atoms with Crippen molar-refractivity contribution < 1.29 is 9.32 Å². The number of fused-ring (bicyclic) bond motifs is 1. The molecular weight excluding hydrogens is 354 g/mol. The maximum Gasteiger partial charge on any atom is 0.439 e. The Bertz CT molecular complexity index is 1180. The Hall–Kier alpha value is -3.38. The fourth-order valence-electron chi connectivity index (χ4n) is 2.70. The van der Waals surface area contributed by atoms with E-state index in [4.69, 9.17) is 11.6 Å². The normalized spacial score (nSPS) is 10.8. The van der Waals surface area contributed by atoms with Gasteiger partial charge in [0, 0.05) is 16.1 Å². The van der Waals surface area contributed by atoms with E-state index in [1.807, 2.05) is 36.4 Å². The van der Waals surface area contributed by atoms with Gasteiger partial charge in [0.25, 0.3) is 5.91 Å². The number of carbonyl (C=O) groups is 1. The number of aromatic amines is 1. The molecule has 4 rings (SSSR count). The molecule has 0 radical (unpaired) electrons. The molecule has 0 aliphatic carbocycles. The van der Waals surface area contributed by atoms with Crippen LogP contribution in [0.15, 0.2) is 70.0 Å². The summed E-state index contributed by atoms with van der Waals surface area (Å²) in [5, 5.41) is 8.93. The lowest BCUT2D eigenvalue weighted by Crippen LogP contribution is -2.13. The van der Waals surface area contributed by atoms with Gasteiger partial charge in [-0.1, -0.05) is 47.1 Å². The lowest BCUT2D eigenvalue weighted by atomic mass is 10.1. The van der Waals surface area contributed by atoms with Crippen molar-refractivity contribution >= 4 is 34.0 Å². The summed E-state index contributed by atoms with van der Waals surface area (Å²) in [7, 11) is 0. The molecule has 2 N–H and O–H groups in total. The van der Waals surface area contributed by atoms with Crippen LogP contribution in [0.25, 0.3) is 22.2 Å². The molecule has 0 aliphatic heterocycles. The van der Waals surface area contributed by atoms with Gasteiger partial charge in [0.2, 0.25) is 0 Å². The monoisotopic (exact) mass is 365 g/mol. The average molecular weight is 366 g/mol. The minimum absolute atomic E-state index is 0.209. The van der Waals surface area contributed by atoms with Crippen LogP contribution in [0, 0.1) is 0 Å². The number of nitrogens with zero attached hydrogens (tertiary/aromatic N) is 1. The van der Waals surface area contributed by atoms with Crippen molar-refractivity contribution in [3.63, 3.8) is 0 Å². The van der Waals surface area contributed by atoms with E-state index in [-0.39, 0.29) is 11.7 Å². The van der Waals surface area contributed by atoms with Gasteiger partial charge in [-0.05, 0) is 41.1 Å². The number of benzene rings is 3. The first-order valence-electron chi connectivity index (χ1n) is 7.76. The molecule has 4 aromatic rings. The van der Waals surface area contributed by atoms with Crippen LogP contribution in [0.3, 0.4) is 0 Å². The summed E-state index contributed by atoms with van der Waals surface area (Å²) in [5.41, 5.74) is 1.41. The van der Waals surface area contributed by atoms with E-state index >= 15 is 0 Å². The Morgan fingerprint density at radius 2 is 1.85 bits per heavy atom. The lowest BCUT2D eigenvalue weighted by Gasteiger charge is -2.10. The Labute approximate surface area is 152 Å². The highest BCUT2D eigenvalue weighted by molar-refractivity contribution is 6.31. The van der Waals surface area contributed by atoms with Crippen LogP contribution in [0.1, 0.15) is 10.4 Å². The minimum Gasteiger partial charge on any atom is -0.321 e. The first-order chi connectivity index (χ1) is 12.6. The summed E-state index contributed by atoms with van der Waals surface area (Å²) in [5.74, 6) is -0.771. The number of aromatic nitrogens is 2. The predicted molar refractivity (Wildman–Crippen MR) is 99.5 cm³/mol. The topological polar surface area (TPSA) is 88.0 Å². The summed E-state index contributed by atoms with van der Waals surface area (Å²) in [6.45, 7) is 0. The largest absolute Gasteiger partial charge is 0.439 e. The molecule has 6 nitrogen and oxygen atoms in total. The van der Waals surface area contributed by atoms with Crippen molar-refractivity contribution in [3.8, 4) is 11.4 Å². The second-order valence-corrected chi connectivity index (χ2v) is 6.09. The second-order valence-electron chi connectivity index (χ2n) is 5.65. The smallest absolute Gasteiger partial charge is 0.321 e. The van der Waals surface area contributed by atoms with Crippen molar-refractivity contribution in [2.45, 2.75) is 0 Å². The fraction of sp³-hybridized carbons (Fsp3) is 0. The van der Waals surface area contributed by atoms with Gasteiger partial charge in [0.15, 0.2) is 5.82 Å². The second kappa shape index (κ2) is 6.50. The third kappa shape index (κ3) is 3.10. The van der Waals surface area contributed by atoms with E-state index in [9.17, 15) is 9.59 Å². The number of halogens is 1. The van der Waals surface area contributed by atoms with Crippen LogP contribution in [-0.4, -0.2) is 16.0 Å². The Morgan fingerprint density at radius 1 is 1.04 bits per heavy atom. The summed E-state index contributed by atoms with van der Waals surface area (Å²) in [6, 6.07) is 18.1. The molecule has 0 saturated heterocycles. The number of carbonyl (C=O) groups excluding carboxylic acids is 1. The average Bonchev–Trinajstić information content (AvgIpc) is 3.07. The van der Waals surface area contributed by atoms with Crippen LogP contribution in [0.2, 0.25) is 5.02 Å². The van der Waals surface area contributed by atoms with Crippen LogP contribution in [0.4, 0.5) is 5.69 Å². The molecule has 3 aromatic carbocycles. The van der Waals surface area contributed by atoms with Gasteiger partial charge in [-0.25, -0.2) is 4.79 Å². The zero-order chi connectivity index (χ0) is 18.1. The molecule has 1 amide bonds. The SMILES string of the molecule is O=C(Nc1cc(Cl)ccc1-c1noc(=O)[nH]1)c1ccc2ccccc2c1. The number of amides is 1. The van der Waals surface area contributed by atoms with Crippen molar-refractivity contribution in [2.75, 3.05) is 5.32 Å².